The molecule has 2 aliphatic rings. The first-order chi connectivity index (χ1) is 10.4. The minimum absolute atomic E-state index is 0.00150. The Balaban J connectivity index is 1.74. The summed E-state index contributed by atoms with van der Waals surface area (Å²) < 4.78 is 24.6. The topological polar surface area (TPSA) is 69.7 Å². The lowest BCUT2D eigenvalue weighted by Crippen LogP contribution is -2.46. The van der Waals surface area contributed by atoms with E-state index in [1.54, 1.807) is 0 Å². The normalized spacial score (nSPS) is 26.0. The molecule has 0 aromatic carbocycles. The maximum absolute atomic E-state index is 12.3. The number of nitrogens with one attached hydrogen (secondary N) is 1. The number of amides is 1. The first-order valence-electron chi connectivity index (χ1n) is 8.31. The van der Waals surface area contributed by atoms with Crippen LogP contribution in [0.3, 0.4) is 0 Å². The second-order valence-electron chi connectivity index (χ2n) is 6.82. The van der Waals surface area contributed by atoms with Crippen molar-refractivity contribution in [2.24, 2.45) is 11.8 Å². The van der Waals surface area contributed by atoms with E-state index in [9.17, 15) is 13.2 Å². The summed E-state index contributed by atoms with van der Waals surface area (Å²) >= 11 is 0. The molecule has 0 radical (unpaired) electrons. The van der Waals surface area contributed by atoms with E-state index in [0.29, 0.717) is 25.6 Å². The molecular weight excluding hydrogens is 302 g/mol. The molecule has 2 fully saturated rings. The molecule has 6 nitrogen and oxygen atoms in total. The van der Waals surface area contributed by atoms with Crippen molar-refractivity contribution in [3.63, 3.8) is 0 Å². The van der Waals surface area contributed by atoms with Gasteiger partial charge in [-0.25, -0.2) is 12.7 Å². The number of piperidine rings is 1. The van der Waals surface area contributed by atoms with Gasteiger partial charge in [-0.2, -0.15) is 0 Å². The van der Waals surface area contributed by atoms with Gasteiger partial charge in [-0.05, 0) is 44.7 Å². The Bertz CT molecular complexity index is 474. The smallest absolute Gasteiger partial charge is 0.224 e. The van der Waals surface area contributed by atoms with Gasteiger partial charge in [0.1, 0.15) is 0 Å². The third-order valence-electron chi connectivity index (χ3n) is 4.62. The van der Waals surface area contributed by atoms with E-state index in [-0.39, 0.29) is 11.8 Å². The Morgan fingerprint density at radius 1 is 1.23 bits per heavy atom. The van der Waals surface area contributed by atoms with Crippen molar-refractivity contribution >= 4 is 15.9 Å². The van der Waals surface area contributed by atoms with Crippen LogP contribution in [0, 0.1) is 11.8 Å². The first kappa shape index (κ1) is 17.7. The number of carbonyl (C=O) groups is 1. The molecule has 1 N–H and O–H groups in total. The van der Waals surface area contributed by atoms with E-state index in [2.05, 4.69) is 17.1 Å². The molecule has 2 atom stereocenters. The van der Waals surface area contributed by atoms with Crippen LogP contribution in [0.15, 0.2) is 0 Å². The summed E-state index contributed by atoms with van der Waals surface area (Å²) in [5.74, 6) is 0.223. The third kappa shape index (κ3) is 5.21. The SMILES string of the molecule is C[C@@H](CNC(=O)[C@H]1CCCN(S(C)(=O)=O)C1)CN1CCCC1. The lowest BCUT2D eigenvalue weighted by molar-refractivity contribution is -0.126. The molecule has 2 saturated heterocycles. The molecule has 22 heavy (non-hydrogen) atoms. The summed E-state index contributed by atoms with van der Waals surface area (Å²) in [6, 6.07) is 0. The minimum atomic E-state index is -3.19. The van der Waals surface area contributed by atoms with Crippen molar-refractivity contribution in [2.45, 2.75) is 32.6 Å². The molecule has 2 rings (SSSR count). The zero-order valence-electron chi connectivity index (χ0n) is 13.8. The minimum Gasteiger partial charge on any atom is -0.356 e. The van der Waals surface area contributed by atoms with Crippen molar-refractivity contribution in [1.82, 2.24) is 14.5 Å². The highest BCUT2D eigenvalue weighted by molar-refractivity contribution is 7.88. The number of sulfonamides is 1. The average molecular weight is 331 g/mol. The van der Waals surface area contributed by atoms with Crippen LogP contribution in [-0.4, -0.2) is 69.1 Å². The van der Waals surface area contributed by atoms with E-state index in [4.69, 9.17) is 0 Å². The van der Waals surface area contributed by atoms with E-state index in [0.717, 1.165) is 19.4 Å². The van der Waals surface area contributed by atoms with Crippen molar-refractivity contribution in [3.8, 4) is 0 Å². The van der Waals surface area contributed by atoms with Crippen LogP contribution < -0.4 is 5.32 Å². The largest absolute Gasteiger partial charge is 0.356 e. The van der Waals surface area contributed by atoms with Gasteiger partial charge in [0.25, 0.3) is 0 Å². The highest BCUT2D eigenvalue weighted by Gasteiger charge is 2.30. The summed E-state index contributed by atoms with van der Waals surface area (Å²) in [6.45, 7) is 7.06. The molecule has 128 valence electrons. The highest BCUT2D eigenvalue weighted by atomic mass is 32.2. The summed E-state index contributed by atoms with van der Waals surface area (Å²) in [7, 11) is -3.19. The molecule has 0 aromatic rings. The molecule has 0 aromatic heterocycles. The number of carbonyl (C=O) groups excluding carboxylic acids is 1. The van der Waals surface area contributed by atoms with Crippen LogP contribution in [0.4, 0.5) is 0 Å². The van der Waals surface area contributed by atoms with Crippen LogP contribution in [0.1, 0.15) is 32.6 Å². The van der Waals surface area contributed by atoms with E-state index >= 15 is 0 Å². The predicted octanol–water partition coefficient (Wildman–Crippen LogP) is 0.506. The van der Waals surface area contributed by atoms with Crippen LogP contribution >= 0.6 is 0 Å². The molecule has 0 spiro atoms. The zero-order valence-corrected chi connectivity index (χ0v) is 14.6. The quantitative estimate of drug-likeness (QED) is 0.770. The number of likely N-dealkylation sites (tertiary alicyclic amines) is 1. The van der Waals surface area contributed by atoms with Crippen molar-refractivity contribution in [3.05, 3.63) is 0 Å². The summed E-state index contributed by atoms with van der Waals surface area (Å²) in [6.07, 6.45) is 5.31. The zero-order chi connectivity index (χ0) is 16.2. The fourth-order valence-corrected chi connectivity index (χ4v) is 4.26. The summed E-state index contributed by atoms with van der Waals surface area (Å²) in [5.41, 5.74) is 0. The van der Waals surface area contributed by atoms with E-state index in [1.807, 2.05) is 0 Å². The maximum Gasteiger partial charge on any atom is 0.224 e. The fraction of sp³-hybridized carbons (Fsp3) is 0.933. The second-order valence-corrected chi connectivity index (χ2v) is 8.80. The van der Waals surface area contributed by atoms with Crippen molar-refractivity contribution in [1.29, 1.82) is 0 Å². The predicted molar refractivity (Wildman–Crippen MR) is 87.0 cm³/mol. The van der Waals surface area contributed by atoms with Crippen LogP contribution in [0.5, 0.6) is 0 Å². The van der Waals surface area contributed by atoms with Crippen LogP contribution in [0.2, 0.25) is 0 Å². The fourth-order valence-electron chi connectivity index (χ4n) is 3.35. The molecule has 2 heterocycles. The third-order valence-corrected chi connectivity index (χ3v) is 5.89. The van der Waals surface area contributed by atoms with Gasteiger partial charge in [0.2, 0.25) is 15.9 Å². The van der Waals surface area contributed by atoms with Gasteiger partial charge in [0.05, 0.1) is 12.2 Å². The van der Waals surface area contributed by atoms with Gasteiger partial charge in [0.15, 0.2) is 0 Å². The lowest BCUT2D eigenvalue weighted by atomic mass is 9.98. The Kier molecular flexibility index (Phi) is 6.23. The van der Waals surface area contributed by atoms with Gasteiger partial charge in [-0.15, -0.1) is 0 Å². The van der Waals surface area contributed by atoms with Gasteiger partial charge in [-0.1, -0.05) is 6.92 Å². The maximum atomic E-state index is 12.3. The van der Waals surface area contributed by atoms with Gasteiger partial charge in [0, 0.05) is 26.2 Å². The molecule has 1 amide bonds. The van der Waals surface area contributed by atoms with Crippen LogP contribution in [-0.2, 0) is 14.8 Å². The van der Waals surface area contributed by atoms with Crippen molar-refractivity contribution in [2.75, 3.05) is 45.5 Å². The van der Waals surface area contributed by atoms with Gasteiger partial charge >= 0.3 is 0 Å². The lowest BCUT2D eigenvalue weighted by Gasteiger charge is -2.30. The monoisotopic (exact) mass is 331 g/mol. The number of rotatable bonds is 6. The molecule has 0 aliphatic carbocycles. The molecule has 0 unspecified atom stereocenters. The molecule has 0 saturated carbocycles. The summed E-state index contributed by atoms with van der Waals surface area (Å²) in [4.78, 5) is 14.7. The van der Waals surface area contributed by atoms with Crippen molar-refractivity contribution < 1.29 is 13.2 Å². The molecule has 7 heteroatoms. The standard InChI is InChI=1S/C15H29N3O3S/c1-13(11-17-7-3-4-8-17)10-16-15(19)14-6-5-9-18(12-14)22(2,20)21/h13-14H,3-12H2,1-2H3,(H,16,19)/t13-,14-/m0/s1. The van der Waals surface area contributed by atoms with Gasteiger partial charge < -0.3 is 10.2 Å². The van der Waals surface area contributed by atoms with E-state index < -0.39 is 10.0 Å². The van der Waals surface area contributed by atoms with Gasteiger partial charge in [-0.3, -0.25) is 4.79 Å². The van der Waals surface area contributed by atoms with E-state index in [1.165, 1.54) is 36.5 Å². The average Bonchev–Trinajstić information content (AvgIpc) is 2.97. The number of nitrogens with zero attached hydrogens (tertiary/aromatic N) is 2. The number of hydrogen-bond donors (Lipinski definition) is 1. The van der Waals surface area contributed by atoms with Crippen LogP contribution in [0.25, 0.3) is 0 Å². The summed E-state index contributed by atoms with van der Waals surface area (Å²) in [5, 5.41) is 3.01. The Morgan fingerprint density at radius 2 is 1.91 bits per heavy atom. The highest BCUT2D eigenvalue weighted by Crippen LogP contribution is 2.19. The first-order valence-corrected chi connectivity index (χ1v) is 10.2. The Morgan fingerprint density at radius 3 is 2.55 bits per heavy atom. The second kappa shape index (κ2) is 7.75. The Hall–Kier alpha value is -0.660. The number of hydrogen-bond acceptors (Lipinski definition) is 4. The molecule has 0 bridgehead atoms. The molecular formula is C15H29N3O3S. The molecule has 2 aliphatic heterocycles. The Labute approximate surface area is 134 Å².